The molecule has 1 saturated heterocycles. The van der Waals surface area contributed by atoms with E-state index in [0.717, 1.165) is 12.0 Å². The largest absolute Gasteiger partial charge is 0.417 e. The van der Waals surface area contributed by atoms with Crippen LogP contribution in [0.2, 0.25) is 5.02 Å². The summed E-state index contributed by atoms with van der Waals surface area (Å²) in [6, 6.07) is 7.88. The zero-order valence-corrected chi connectivity index (χ0v) is 16.4. The number of amides is 1. The first-order valence-corrected chi connectivity index (χ1v) is 9.51. The molecule has 0 bridgehead atoms. The third-order valence-corrected chi connectivity index (χ3v) is 5.55. The molecular formula is C19H15ClF3N3O2S. The molecule has 1 aliphatic carbocycles. The minimum atomic E-state index is -4.59. The molecular weight excluding hydrogens is 427 g/mol. The number of hydrogen-bond acceptors (Lipinski definition) is 4. The van der Waals surface area contributed by atoms with Crippen LogP contribution in [0.25, 0.3) is 0 Å². The minimum absolute atomic E-state index is 0.278. The number of ether oxygens (including phenoxy) is 1. The second-order valence-corrected chi connectivity index (χ2v) is 7.92. The molecule has 1 saturated carbocycles. The zero-order valence-electron chi connectivity index (χ0n) is 14.8. The predicted molar refractivity (Wildman–Crippen MR) is 105 cm³/mol. The number of pyridine rings is 1. The average Bonchev–Trinajstić information content (AvgIpc) is 3.36. The maximum atomic E-state index is 12.7. The van der Waals surface area contributed by atoms with Gasteiger partial charge in [0.1, 0.15) is 10.7 Å². The smallest absolute Gasteiger partial charge is 0.374 e. The number of anilines is 1. The second-order valence-electron chi connectivity index (χ2n) is 7.02. The number of benzene rings is 1. The van der Waals surface area contributed by atoms with Crippen LogP contribution in [0.5, 0.6) is 0 Å². The van der Waals surface area contributed by atoms with E-state index in [-0.39, 0.29) is 22.2 Å². The molecule has 1 aromatic heterocycles. The number of halogens is 4. The molecule has 1 aliphatic heterocycles. The molecule has 152 valence electrons. The first kappa shape index (κ1) is 20.1. The quantitative estimate of drug-likeness (QED) is 0.700. The molecule has 0 spiro atoms. The van der Waals surface area contributed by atoms with Crippen LogP contribution in [0.4, 0.5) is 18.9 Å². The number of rotatable bonds is 3. The molecule has 2 unspecified atom stereocenters. The van der Waals surface area contributed by atoms with Crippen molar-refractivity contribution in [1.82, 2.24) is 10.3 Å². The third-order valence-electron chi connectivity index (χ3n) is 5.04. The molecule has 2 fully saturated rings. The van der Waals surface area contributed by atoms with Gasteiger partial charge in [-0.15, -0.1) is 0 Å². The van der Waals surface area contributed by atoms with Gasteiger partial charge in [0.05, 0.1) is 29.3 Å². The molecule has 1 amide bonds. The van der Waals surface area contributed by atoms with E-state index in [2.05, 4.69) is 15.6 Å². The van der Waals surface area contributed by atoms with E-state index >= 15 is 0 Å². The van der Waals surface area contributed by atoms with Gasteiger partial charge in [-0.25, -0.2) is 4.98 Å². The standard InChI is InChI=1S/C19H15ClF3N3O2S/c20-14-5-11(19(21,22)23)7-24-16(14)17(27)25-13-3-1-2-10(4-13)18-6-12(18)8-28-9-15(29)26-18/h1-5,7,12H,6,8-9H2,(H,25,27)(H,26,29). The van der Waals surface area contributed by atoms with E-state index in [9.17, 15) is 18.0 Å². The van der Waals surface area contributed by atoms with Gasteiger partial charge in [0, 0.05) is 17.8 Å². The van der Waals surface area contributed by atoms with E-state index in [0.29, 0.717) is 36.2 Å². The summed E-state index contributed by atoms with van der Waals surface area (Å²) >= 11 is 11.1. The van der Waals surface area contributed by atoms with E-state index in [4.69, 9.17) is 28.6 Å². The van der Waals surface area contributed by atoms with Crippen LogP contribution >= 0.6 is 23.8 Å². The number of fused-ring (bicyclic) bond motifs is 1. The summed E-state index contributed by atoms with van der Waals surface area (Å²) in [5.74, 6) is -0.418. The van der Waals surface area contributed by atoms with Crippen LogP contribution in [-0.4, -0.2) is 29.1 Å². The van der Waals surface area contributed by atoms with Gasteiger partial charge in [0.2, 0.25) is 0 Å². The number of alkyl halides is 3. The molecule has 2 aromatic rings. The highest BCUT2D eigenvalue weighted by atomic mass is 35.5. The first-order chi connectivity index (χ1) is 13.7. The van der Waals surface area contributed by atoms with E-state index in [1.807, 2.05) is 6.07 Å². The van der Waals surface area contributed by atoms with Crippen molar-refractivity contribution in [2.24, 2.45) is 5.92 Å². The lowest BCUT2D eigenvalue weighted by Gasteiger charge is -2.20. The van der Waals surface area contributed by atoms with E-state index in [1.54, 1.807) is 18.2 Å². The Morgan fingerprint density at radius 3 is 2.90 bits per heavy atom. The van der Waals surface area contributed by atoms with Gasteiger partial charge in [-0.2, -0.15) is 13.2 Å². The highest BCUT2D eigenvalue weighted by Crippen LogP contribution is 2.53. The Balaban J connectivity index is 1.54. The minimum Gasteiger partial charge on any atom is -0.374 e. The summed E-state index contributed by atoms with van der Waals surface area (Å²) in [5.41, 5.74) is -0.200. The lowest BCUT2D eigenvalue weighted by molar-refractivity contribution is -0.137. The molecule has 0 radical (unpaired) electrons. The van der Waals surface area contributed by atoms with Crippen molar-refractivity contribution < 1.29 is 22.7 Å². The van der Waals surface area contributed by atoms with Gasteiger partial charge < -0.3 is 15.4 Å². The summed E-state index contributed by atoms with van der Waals surface area (Å²) in [4.78, 5) is 16.7. The molecule has 29 heavy (non-hydrogen) atoms. The van der Waals surface area contributed by atoms with Crippen LogP contribution in [0.3, 0.4) is 0 Å². The van der Waals surface area contributed by atoms with Crippen LogP contribution in [0.15, 0.2) is 36.5 Å². The molecule has 4 rings (SSSR count). The molecule has 2 aliphatic rings. The number of thiocarbonyl (C=S) groups is 1. The SMILES string of the molecule is O=C(Nc1cccc(C23CC2COCC(=S)N3)c1)c1ncc(C(F)(F)F)cc1Cl. The van der Waals surface area contributed by atoms with Gasteiger partial charge in [0.25, 0.3) is 5.91 Å². The number of nitrogens with zero attached hydrogens (tertiary/aromatic N) is 1. The van der Waals surface area contributed by atoms with Crippen molar-refractivity contribution in [1.29, 1.82) is 0 Å². The zero-order chi connectivity index (χ0) is 20.8. The lowest BCUT2D eigenvalue weighted by atomic mass is 10.0. The van der Waals surface area contributed by atoms with Crippen molar-refractivity contribution in [3.8, 4) is 0 Å². The van der Waals surface area contributed by atoms with Gasteiger partial charge in [0.15, 0.2) is 0 Å². The predicted octanol–water partition coefficient (Wildman–Crippen LogP) is 4.17. The van der Waals surface area contributed by atoms with Gasteiger partial charge in [-0.1, -0.05) is 36.0 Å². The van der Waals surface area contributed by atoms with Crippen LogP contribution < -0.4 is 10.6 Å². The highest BCUT2D eigenvalue weighted by molar-refractivity contribution is 7.80. The summed E-state index contributed by atoms with van der Waals surface area (Å²) in [7, 11) is 0. The maximum absolute atomic E-state index is 12.7. The van der Waals surface area contributed by atoms with Crippen LogP contribution in [0, 0.1) is 5.92 Å². The van der Waals surface area contributed by atoms with Crippen LogP contribution in [-0.2, 0) is 16.5 Å². The lowest BCUT2D eigenvalue weighted by Crippen LogP contribution is -2.35. The third kappa shape index (κ3) is 3.94. The Hall–Kier alpha value is -2.23. The Morgan fingerprint density at radius 1 is 1.38 bits per heavy atom. The fourth-order valence-corrected chi connectivity index (χ4v) is 4.03. The molecule has 5 nitrogen and oxygen atoms in total. The molecule has 2 N–H and O–H groups in total. The molecule has 2 heterocycles. The summed E-state index contributed by atoms with van der Waals surface area (Å²) in [5, 5.41) is 5.61. The van der Waals surface area contributed by atoms with Crippen molar-refractivity contribution >= 4 is 40.4 Å². The monoisotopic (exact) mass is 441 g/mol. The number of aromatic nitrogens is 1. The van der Waals surface area contributed by atoms with E-state index in [1.165, 1.54) is 0 Å². The maximum Gasteiger partial charge on any atom is 0.417 e. The number of carbonyl (C=O) groups is 1. The highest BCUT2D eigenvalue weighted by Gasteiger charge is 2.57. The molecule has 10 heteroatoms. The molecule has 1 aromatic carbocycles. The van der Waals surface area contributed by atoms with Crippen molar-refractivity contribution in [3.05, 3.63) is 58.4 Å². The van der Waals surface area contributed by atoms with E-state index < -0.39 is 17.6 Å². The summed E-state index contributed by atoms with van der Waals surface area (Å²) < 4.78 is 43.8. The fourth-order valence-electron chi connectivity index (χ4n) is 3.51. The first-order valence-electron chi connectivity index (χ1n) is 8.72. The summed E-state index contributed by atoms with van der Waals surface area (Å²) in [6.07, 6.45) is -3.14. The molecule has 2 atom stereocenters. The van der Waals surface area contributed by atoms with Crippen molar-refractivity contribution in [3.63, 3.8) is 0 Å². The fraction of sp³-hybridized carbons (Fsp3) is 0.316. The Labute approximate surface area is 174 Å². The topological polar surface area (TPSA) is 63.2 Å². The van der Waals surface area contributed by atoms with Gasteiger partial charge in [-0.05, 0) is 30.2 Å². The van der Waals surface area contributed by atoms with Crippen molar-refractivity contribution in [2.45, 2.75) is 18.1 Å². The Kier molecular flexibility index (Phi) is 5.00. The van der Waals surface area contributed by atoms with Gasteiger partial charge >= 0.3 is 6.18 Å². The van der Waals surface area contributed by atoms with Crippen LogP contribution in [0.1, 0.15) is 28.0 Å². The van der Waals surface area contributed by atoms with Crippen molar-refractivity contribution in [2.75, 3.05) is 18.5 Å². The Morgan fingerprint density at radius 2 is 2.17 bits per heavy atom. The number of nitrogens with one attached hydrogen (secondary N) is 2. The summed E-state index contributed by atoms with van der Waals surface area (Å²) in [6.45, 7) is 0.969. The number of carbonyl (C=O) groups excluding carboxylic acids is 1. The Bertz CT molecular complexity index is 1000. The number of hydrogen-bond donors (Lipinski definition) is 2. The average molecular weight is 442 g/mol. The van der Waals surface area contributed by atoms with Gasteiger partial charge in [-0.3, -0.25) is 4.79 Å². The normalized spacial score (nSPS) is 23.6. The second kappa shape index (κ2) is 7.23.